The van der Waals surface area contributed by atoms with E-state index in [9.17, 15) is 4.79 Å². The van der Waals surface area contributed by atoms with Gasteiger partial charge in [-0.25, -0.2) is 0 Å². The highest BCUT2D eigenvalue weighted by atomic mass is 16.5. The van der Waals surface area contributed by atoms with E-state index in [1.54, 1.807) is 7.11 Å². The summed E-state index contributed by atoms with van der Waals surface area (Å²) in [6, 6.07) is 8.28. The maximum absolute atomic E-state index is 11.9. The summed E-state index contributed by atoms with van der Waals surface area (Å²) >= 11 is 0. The van der Waals surface area contributed by atoms with E-state index in [4.69, 9.17) is 4.74 Å². The van der Waals surface area contributed by atoms with Crippen LogP contribution in [0.3, 0.4) is 0 Å². The molecule has 0 radical (unpaired) electrons. The van der Waals surface area contributed by atoms with Crippen molar-refractivity contribution in [3.63, 3.8) is 0 Å². The minimum absolute atomic E-state index is 0.0767. The predicted molar refractivity (Wildman–Crippen MR) is 89.2 cm³/mol. The molecule has 0 aromatic heterocycles. The molecule has 0 atom stereocenters. The maximum Gasteiger partial charge on any atom is 0.224 e. The first-order valence-electron chi connectivity index (χ1n) is 8.41. The van der Waals surface area contributed by atoms with Crippen LogP contribution in [0.4, 0.5) is 0 Å². The third-order valence-electron chi connectivity index (χ3n) is 4.26. The number of ether oxygens (including phenoxy) is 1. The number of nitrogens with one attached hydrogen (secondary N) is 2. The fourth-order valence-corrected chi connectivity index (χ4v) is 2.95. The van der Waals surface area contributed by atoms with Gasteiger partial charge in [0.05, 0.1) is 13.5 Å². The highest BCUT2D eigenvalue weighted by Crippen LogP contribution is 2.16. The zero-order valence-electron chi connectivity index (χ0n) is 13.6. The Balaban J connectivity index is 1.60. The van der Waals surface area contributed by atoms with E-state index in [0.717, 1.165) is 17.9 Å². The second-order valence-electron chi connectivity index (χ2n) is 6.02. The molecule has 0 unspecified atom stereocenters. The number of hydrogen-bond acceptors (Lipinski definition) is 3. The van der Waals surface area contributed by atoms with Gasteiger partial charge in [-0.05, 0) is 30.5 Å². The van der Waals surface area contributed by atoms with Crippen LogP contribution in [0.15, 0.2) is 24.3 Å². The Hall–Kier alpha value is -1.55. The molecule has 0 saturated heterocycles. The van der Waals surface area contributed by atoms with Gasteiger partial charge >= 0.3 is 0 Å². The Labute approximate surface area is 133 Å². The molecule has 0 bridgehead atoms. The summed E-state index contributed by atoms with van der Waals surface area (Å²) in [6.45, 7) is 1.56. The van der Waals surface area contributed by atoms with Gasteiger partial charge in [0.25, 0.3) is 0 Å². The van der Waals surface area contributed by atoms with E-state index in [2.05, 4.69) is 10.6 Å². The highest BCUT2D eigenvalue weighted by molar-refractivity contribution is 5.78. The molecular weight excluding hydrogens is 276 g/mol. The molecule has 22 heavy (non-hydrogen) atoms. The van der Waals surface area contributed by atoms with Crippen molar-refractivity contribution in [3.8, 4) is 5.75 Å². The third kappa shape index (κ3) is 6.06. The summed E-state index contributed by atoms with van der Waals surface area (Å²) in [5.41, 5.74) is 1.01. The van der Waals surface area contributed by atoms with Crippen molar-refractivity contribution < 1.29 is 9.53 Å². The van der Waals surface area contributed by atoms with Crippen molar-refractivity contribution in [2.45, 2.75) is 51.0 Å². The summed E-state index contributed by atoms with van der Waals surface area (Å²) in [5, 5.41) is 6.55. The number of carbonyl (C=O) groups is 1. The largest absolute Gasteiger partial charge is 0.497 e. The van der Waals surface area contributed by atoms with Gasteiger partial charge in [-0.1, -0.05) is 37.8 Å². The second kappa shape index (κ2) is 9.46. The van der Waals surface area contributed by atoms with Crippen LogP contribution >= 0.6 is 0 Å². The minimum Gasteiger partial charge on any atom is -0.497 e. The first-order valence-corrected chi connectivity index (χ1v) is 8.41. The normalized spacial score (nSPS) is 16.0. The Morgan fingerprint density at radius 2 is 1.77 bits per heavy atom. The van der Waals surface area contributed by atoms with E-state index < -0.39 is 0 Å². The fraction of sp³-hybridized carbons (Fsp3) is 0.611. The lowest BCUT2D eigenvalue weighted by Crippen LogP contribution is -2.37. The second-order valence-corrected chi connectivity index (χ2v) is 6.02. The van der Waals surface area contributed by atoms with E-state index >= 15 is 0 Å². The van der Waals surface area contributed by atoms with E-state index in [0.29, 0.717) is 19.0 Å². The van der Waals surface area contributed by atoms with Crippen LogP contribution in [0.25, 0.3) is 0 Å². The monoisotopic (exact) mass is 304 g/mol. The molecule has 0 aliphatic heterocycles. The Morgan fingerprint density at radius 1 is 1.09 bits per heavy atom. The van der Waals surface area contributed by atoms with E-state index in [1.807, 2.05) is 24.3 Å². The van der Waals surface area contributed by atoms with Crippen LogP contribution in [0.1, 0.15) is 44.1 Å². The lowest BCUT2D eigenvalue weighted by atomic mass is 10.1. The molecule has 4 heteroatoms. The van der Waals surface area contributed by atoms with E-state index in [1.165, 1.54) is 38.5 Å². The van der Waals surface area contributed by atoms with Crippen LogP contribution in [-0.4, -0.2) is 32.1 Å². The Kier molecular flexibility index (Phi) is 7.23. The molecule has 1 aliphatic carbocycles. The number of rotatable bonds is 7. The van der Waals surface area contributed by atoms with Crippen molar-refractivity contribution in [3.05, 3.63) is 29.8 Å². The first-order chi connectivity index (χ1) is 10.8. The molecule has 1 saturated carbocycles. The number of amides is 1. The quantitative estimate of drug-likeness (QED) is 0.601. The molecule has 1 aromatic rings. The standard InChI is InChI=1S/C18H28N2O2/c1-22-17-10-8-15(9-11-17)14-18(21)20-13-12-19-16-6-4-2-3-5-7-16/h8-11,16,19H,2-7,12-14H2,1H3,(H,20,21). The predicted octanol–water partition coefficient (Wildman–Crippen LogP) is 2.67. The Morgan fingerprint density at radius 3 is 2.41 bits per heavy atom. The van der Waals surface area contributed by atoms with Crippen molar-refractivity contribution in [2.24, 2.45) is 0 Å². The molecule has 0 heterocycles. The maximum atomic E-state index is 11.9. The van der Waals surface area contributed by atoms with Crippen molar-refractivity contribution >= 4 is 5.91 Å². The molecule has 122 valence electrons. The van der Waals surface area contributed by atoms with Crippen molar-refractivity contribution in [1.82, 2.24) is 10.6 Å². The number of hydrogen-bond donors (Lipinski definition) is 2. The average molecular weight is 304 g/mol. The molecule has 0 spiro atoms. The molecule has 1 fully saturated rings. The number of benzene rings is 1. The van der Waals surface area contributed by atoms with Gasteiger partial charge in [0.2, 0.25) is 5.91 Å². The van der Waals surface area contributed by atoms with Gasteiger partial charge < -0.3 is 15.4 Å². The van der Waals surface area contributed by atoms with Gasteiger partial charge in [-0.15, -0.1) is 0 Å². The zero-order chi connectivity index (χ0) is 15.6. The van der Waals surface area contributed by atoms with Crippen molar-refractivity contribution in [1.29, 1.82) is 0 Å². The van der Waals surface area contributed by atoms with Gasteiger partial charge in [-0.3, -0.25) is 4.79 Å². The lowest BCUT2D eigenvalue weighted by Gasteiger charge is -2.16. The summed E-state index contributed by atoms with van der Waals surface area (Å²) in [7, 11) is 1.64. The molecule has 1 aromatic carbocycles. The molecule has 2 rings (SSSR count). The molecule has 1 aliphatic rings. The zero-order valence-corrected chi connectivity index (χ0v) is 13.6. The third-order valence-corrected chi connectivity index (χ3v) is 4.26. The van der Waals surface area contributed by atoms with Gasteiger partial charge in [0.1, 0.15) is 5.75 Å². The number of carbonyl (C=O) groups excluding carboxylic acids is 1. The average Bonchev–Trinajstić information content (AvgIpc) is 2.81. The molecule has 1 amide bonds. The lowest BCUT2D eigenvalue weighted by molar-refractivity contribution is -0.120. The summed E-state index contributed by atoms with van der Waals surface area (Å²) in [4.78, 5) is 11.9. The highest BCUT2D eigenvalue weighted by Gasteiger charge is 2.11. The molecule has 4 nitrogen and oxygen atoms in total. The van der Waals surface area contributed by atoms with Crippen LogP contribution in [0.5, 0.6) is 5.75 Å². The molecular formula is C18H28N2O2. The van der Waals surface area contributed by atoms with Crippen LogP contribution in [0.2, 0.25) is 0 Å². The smallest absolute Gasteiger partial charge is 0.224 e. The summed E-state index contributed by atoms with van der Waals surface area (Å²) in [6.07, 6.45) is 8.39. The fourth-order valence-electron chi connectivity index (χ4n) is 2.95. The van der Waals surface area contributed by atoms with Crippen LogP contribution in [-0.2, 0) is 11.2 Å². The molecule has 2 N–H and O–H groups in total. The SMILES string of the molecule is COc1ccc(CC(=O)NCCNC2CCCCCC2)cc1. The van der Waals surface area contributed by atoms with Crippen LogP contribution < -0.4 is 15.4 Å². The van der Waals surface area contributed by atoms with Gasteiger partial charge in [0, 0.05) is 19.1 Å². The van der Waals surface area contributed by atoms with Gasteiger partial charge in [0.15, 0.2) is 0 Å². The summed E-state index contributed by atoms with van der Waals surface area (Å²) < 4.78 is 5.11. The Bertz CT molecular complexity index is 437. The topological polar surface area (TPSA) is 50.4 Å². The van der Waals surface area contributed by atoms with Crippen molar-refractivity contribution in [2.75, 3.05) is 20.2 Å². The van der Waals surface area contributed by atoms with Gasteiger partial charge in [-0.2, -0.15) is 0 Å². The van der Waals surface area contributed by atoms with E-state index in [-0.39, 0.29) is 5.91 Å². The minimum atomic E-state index is 0.0767. The first kappa shape index (κ1) is 16.8. The van der Waals surface area contributed by atoms with Crippen LogP contribution in [0, 0.1) is 0 Å². The summed E-state index contributed by atoms with van der Waals surface area (Å²) in [5.74, 6) is 0.893. The number of methoxy groups -OCH3 is 1.